The van der Waals surface area contributed by atoms with E-state index in [-0.39, 0.29) is 17.1 Å². The standard InChI is InChI=1S/C29H25NO5/c1-4-15-34-23-14-12-19(17-24(23)33-5-2)26-25-27(31)21-16-18(3)11-13-22(21)35-28(25)29(32)30(26)20-9-7-6-8-10-20/h4,6-14,16-17,26H,1,5,15H2,2-3H3. The van der Waals surface area contributed by atoms with E-state index in [1.165, 1.54) is 0 Å². The summed E-state index contributed by atoms with van der Waals surface area (Å²) in [5, 5.41) is 0.451. The lowest BCUT2D eigenvalue weighted by molar-refractivity contribution is 0.0971. The van der Waals surface area contributed by atoms with Gasteiger partial charge in [-0.1, -0.05) is 48.6 Å². The molecule has 0 spiro atoms. The van der Waals surface area contributed by atoms with Crippen LogP contribution in [0.5, 0.6) is 11.5 Å². The van der Waals surface area contributed by atoms with E-state index in [1.807, 2.05) is 62.4 Å². The number of ether oxygens (including phenoxy) is 2. The molecule has 6 heteroatoms. The van der Waals surface area contributed by atoms with Crippen LogP contribution < -0.4 is 19.8 Å². The van der Waals surface area contributed by atoms with E-state index in [1.54, 1.807) is 29.2 Å². The third-order valence-corrected chi connectivity index (χ3v) is 6.00. The largest absolute Gasteiger partial charge is 0.490 e. The highest BCUT2D eigenvalue weighted by Crippen LogP contribution is 2.43. The minimum Gasteiger partial charge on any atom is -0.490 e. The van der Waals surface area contributed by atoms with Gasteiger partial charge in [0.2, 0.25) is 5.76 Å². The highest BCUT2D eigenvalue weighted by atomic mass is 16.5. The summed E-state index contributed by atoms with van der Waals surface area (Å²) in [5.74, 6) is 0.792. The number of hydrogen-bond donors (Lipinski definition) is 0. The van der Waals surface area contributed by atoms with Crippen LogP contribution in [0, 0.1) is 6.92 Å². The molecule has 1 aromatic heterocycles. The Balaban J connectivity index is 1.75. The van der Waals surface area contributed by atoms with Crippen LogP contribution in [0.15, 0.2) is 88.6 Å². The Kier molecular flexibility index (Phi) is 5.87. The number of carbonyl (C=O) groups is 1. The second kappa shape index (κ2) is 9.14. The van der Waals surface area contributed by atoms with Crippen LogP contribution in [0.4, 0.5) is 5.69 Å². The molecule has 35 heavy (non-hydrogen) atoms. The molecule has 0 fully saturated rings. The second-order valence-corrected chi connectivity index (χ2v) is 8.33. The van der Waals surface area contributed by atoms with Crippen molar-refractivity contribution in [2.24, 2.45) is 0 Å². The maximum absolute atomic E-state index is 13.8. The molecule has 2 heterocycles. The van der Waals surface area contributed by atoms with Gasteiger partial charge in [0.15, 0.2) is 16.9 Å². The van der Waals surface area contributed by atoms with Gasteiger partial charge >= 0.3 is 0 Å². The Labute approximate surface area is 203 Å². The molecule has 0 radical (unpaired) electrons. The zero-order valence-corrected chi connectivity index (χ0v) is 19.6. The zero-order chi connectivity index (χ0) is 24.5. The molecule has 0 aliphatic carbocycles. The SMILES string of the molecule is C=CCOc1ccc(C2c3c(oc4ccc(C)cc4c3=O)C(=O)N2c2ccccc2)cc1OCC. The van der Waals surface area contributed by atoms with E-state index in [2.05, 4.69) is 6.58 Å². The fraction of sp³-hybridized carbons (Fsp3) is 0.172. The Hall–Kier alpha value is -4.32. The molecule has 1 amide bonds. The average Bonchev–Trinajstić information content (AvgIpc) is 3.17. The average molecular weight is 468 g/mol. The first kappa shape index (κ1) is 22.5. The fourth-order valence-corrected chi connectivity index (χ4v) is 4.49. The second-order valence-electron chi connectivity index (χ2n) is 8.33. The van der Waals surface area contributed by atoms with Gasteiger partial charge < -0.3 is 13.9 Å². The Morgan fingerprint density at radius 3 is 2.54 bits per heavy atom. The van der Waals surface area contributed by atoms with Gasteiger partial charge in [-0.05, 0) is 55.8 Å². The first-order valence-electron chi connectivity index (χ1n) is 11.5. The first-order chi connectivity index (χ1) is 17.0. The van der Waals surface area contributed by atoms with Gasteiger partial charge in [0.05, 0.1) is 23.6 Å². The molecule has 4 aromatic rings. The summed E-state index contributed by atoms with van der Waals surface area (Å²) in [5.41, 5.74) is 2.82. The summed E-state index contributed by atoms with van der Waals surface area (Å²) in [6, 6.07) is 19.5. The summed E-state index contributed by atoms with van der Waals surface area (Å²) in [7, 11) is 0. The summed E-state index contributed by atoms with van der Waals surface area (Å²) >= 11 is 0. The van der Waals surface area contributed by atoms with Crippen LogP contribution in [0.25, 0.3) is 11.0 Å². The molecular formula is C29H25NO5. The highest BCUT2D eigenvalue weighted by Gasteiger charge is 2.43. The molecule has 0 bridgehead atoms. The topological polar surface area (TPSA) is 69.0 Å². The third-order valence-electron chi connectivity index (χ3n) is 6.00. The minimum atomic E-state index is -0.686. The van der Waals surface area contributed by atoms with E-state index in [9.17, 15) is 9.59 Å². The normalized spacial score (nSPS) is 14.7. The number of amides is 1. The van der Waals surface area contributed by atoms with Crippen molar-refractivity contribution in [2.45, 2.75) is 19.9 Å². The van der Waals surface area contributed by atoms with Crippen LogP contribution in [0.1, 0.15) is 40.2 Å². The number of para-hydroxylation sites is 1. The van der Waals surface area contributed by atoms with E-state index >= 15 is 0 Å². The molecule has 0 N–H and O–H groups in total. The molecule has 6 nitrogen and oxygen atoms in total. The number of hydrogen-bond acceptors (Lipinski definition) is 5. The number of aryl methyl sites for hydroxylation is 1. The quantitative estimate of drug-likeness (QED) is 0.321. The van der Waals surface area contributed by atoms with E-state index in [0.717, 1.165) is 11.1 Å². The molecule has 3 aromatic carbocycles. The van der Waals surface area contributed by atoms with Crippen molar-refractivity contribution in [3.63, 3.8) is 0 Å². The van der Waals surface area contributed by atoms with Crippen molar-refractivity contribution < 1.29 is 18.7 Å². The van der Waals surface area contributed by atoms with Crippen LogP contribution in [0.2, 0.25) is 0 Å². The number of carbonyl (C=O) groups excluding carboxylic acids is 1. The monoisotopic (exact) mass is 467 g/mol. The van der Waals surface area contributed by atoms with Crippen LogP contribution in [0.3, 0.4) is 0 Å². The predicted molar refractivity (Wildman–Crippen MR) is 136 cm³/mol. The maximum atomic E-state index is 13.8. The van der Waals surface area contributed by atoms with Crippen molar-refractivity contribution in [3.05, 3.63) is 112 Å². The van der Waals surface area contributed by atoms with Crippen molar-refractivity contribution >= 4 is 22.6 Å². The molecule has 0 saturated heterocycles. The maximum Gasteiger partial charge on any atom is 0.295 e. The Bertz CT molecular complexity index is 1490. The predicted octanol–water partition coefficient (Wildman–Crippen LogP) is 5.81. The van der Waals surface area contributed by atoms with Gasteiger partial charge in [0.25, 0.3) is 5.91 Å². The van der Waals surface area contributed by atoms with Gasteiger partial charge in [0.1, 0.15) is 12.2 Å². The third kappa shape index (κ3) is 3.87. The summed E-state index contributed by atoms with van der Waals surface area (Å²) in [4.78, 5) is 29.1. The van der Waals surface area contributed by atoms with E-state index in [4.69, 9.17) is 13.9 Å². The Morgan fingerprint density at radius 2 is 1.80 bits per heavy atom. The summed E-state index contributed by atoms with van der Waals surface area (Å²) in [6.45, 7) is 8.26. The van der Waals surface area contributed by atoms with E-state index in [0.29, 0.717) is 46.9 Å². The van der Waals surface area contributed by atoms with Crippen LogP contribution in [-0.4, -0.2) is 19.1 Å². The first-order valence-corrected chi connectivity index (χ1v) is 11.5. The van der Waals surface area contributed by atoms with Gasteiger partial charge in [-0.15, -0.1) is 0 Å². The number of benzene rings is 3. The molecule has 0 saturated carbocycles. The number of nitrogens with zero attached hydrogens (tertiary/aromatic N) is 1. The van der Waals surface area contributed by atoms with Crippen LogP contribution >= 0.6 is 0 Å². The van der Waals surface area contributed by atoms with Crippen molar-refractivity contribution in [3.8, 4) is 11.5 Å². The van der Waals surface area contributed by atoms with Crippen molar-refractivity contribution in [1.82, 2.24) is 0 Å². The molecule has 176 valence electrons. The zero-order valence-electron chi connectivity index (χ0n) is 19.6. The molecule has 5 rings (SSSR count). The van der Waals surface area contributed by atoms with Gasteiger partial charge in [-0.25, -0.2) is 0 Å². The Morgan fingerprint density at radius 1 is 1.00 bits per heavy atom. The molecule has 1 aliphatic rings. The summed E-state index contributed by atoms with van der Waals surface area (Å²) in [6.07, 6.45) is 1.66. The molecule has 1 aliphatic heterocycles. The van der Waals surface area contributed by atoms with Crippen LogP contribution in [-0.2, 0) is 0 Å². The highest BCUT2D eigenvalue weighted by molar-refractivity contribution is 6.10. The lowest BCUT2D eigenvalue weighted by Gasteiger charge is -2.26. The fourth-order valence-electron chi connectivity index (χ4n) is 4.49. The number of anilines is 1. The molecular weight excluding hydrogens is 442 g/mol. The lowest BCUT2D eigenvalue weighted by atomic mass is 9.97. The number of fused-ring (bicyclic) bond motifs is 2. The van der Waals surface area contributed by atoms with Gasteiger partial charge in [-0.2, -0.15) is 0 Å². The summed E-state index contributed by atoms with van der Waals surface area (Å²) < 4.78 is 17.6. The smallest absolute Gasteiger partial charge is 0.295 e. The molecule has 1 atom stereocenters. The van der Waals surface area contributed by atoms with Crippen molar-refractivity contribution in [2.75, 3.05) is 18.1 Å². The van der Waals surface area contributed by atoms with E-state index < -0.39 is 6.04 Å². The molecule has 1 unspecified atom stereocenters. The van der Waals surface area contributed by atoms with Crippen molar-refractivity contribution in [1.29, 1.82) is 0 Å². The lowest BCUT2D eigenvalue weighted by Crippen LogP contribution is -2.29. The number of rotatable bonds is 7. The van der Waals surface area contributed by atoms with Gasteiger partial charge in [-0.3, -0.25) is 14.5 Å². The minimum absolute atomic E-state index is 0.0603. The van der Waals surface area contributed by atoms with Gasteiger partial charge in [0, 0.05) is 5.69 Å².